The van der Waals surface area contributed by atoms with Gasteiger partial charge in [-0.15, -0.1) is 0 Å². The minimum atomic E-state index is -3.41. The number of hydrogen-bond acceptors (Lipinski definition) is 4. The summed E-state index contributed by atoms with van der Waals surface area (Å²) in [6, 6.07) is 11.3. The van der Waals surface area contributed by atoms with E-state index >= 15 is 0 Å². The number of benzene rings is 2. The summed E-state index contributed by atoms with van der Waals surface area (Å²) in [6.07, 6.45) is 1.08. The highest BCUT2D eigenvalue weighted by Gasteiger charge is 2.17. The van der Waals surface area contributed by atoms with Crippen LogP contribution in [0, 0.1) is 0 Å². The van der Waals surface area contributed by atoms with E-state index in [0.29, 0.717) is 11.1 Å². The van der Waals surface area contributed by atoms with Crippen LogP contribution in [0.2, 0.25) is 0 Å². The summed E-state index contributed by atoms with van der Waals surface area (Å²) in [5, 5.41) is 1.67. The van der Waals surface area contributed by atoms with Crippen molar-refractivity contribution in [3.63, 3.8) is 0 Å². The van der Waals surface area contributed by atoms with Crippen LogP contribution in [0.3, 0.4) is 0 Å². The number of aromatic nitrogens is 1. The molecule has 4 nitrogen and oxygen atoms in total. The van der Waals surface area contributed by atoms with E-state index in [1.54, 1.807) is 6.07 Å². The molecule has 0 saturated carbocycles. The minimum absolute atomic E-state index is 0.233. The van der Waals surface area contributed by atoms with Crippen molar-refractivity contribution in [2.75, 3.05) is 6.26 Å². The van der Waals surface area contributed by atoms with Gasteiger partial charge in [0.2, 0.25) is 9.84 Å². The highest BCUT2D eigenvalue weighted by atomic mass is 32.2. The van der Waals surface area contributed by atoms with E-state index < -0.39 is 9.84 Å². The van der Waals surface area contributed by atoms with E-state index in [1.165, 1.54) is 0 Å². The maximum atomic E-state index is 11.4. The van der Waals surface area contributed by atoms with Gasteiger partial charge in [-0.3, -0.25) is 0 Å². The highest BCUT2D eigenvalue weighted by Crippen LogP contribution is 2.26. The van der Waals surface area contributed by atoms with Crippen LogP contribution in [-0.4, -0.2) is 19.7 Å². The Kier molecular flexibility index (Phi) is 2.00. The van der Waals surface area contributed by atoms with Gasteiger partial charge in [-0.05, 0) is 11.5 Å². The molecule has 0 aliphatic rings. The second-order valence-corrected chi connectivity index (χ2v) is 5.78. The Morgan fingerprint density at radius 1 is 1.12 bits per heavy atom. The molecule has 86 valence electrons. The third kappa shape index (κ3) is 1.59. The van der Waals surface area contributed by atoms with E-state index in [0.717, 1.165) is 17.0 Å². The molecule has 3 rings (SSSR count). The zero-order chi connectivity index (χ0) is 12.0. The van der Waals surface area contributed by atoms with Crippen LogP contribution in [0.25, 0.3) is 21.9 Å². The summed E-state index contributed by atoms with van der Waals surface area (Å²) in [4.78, 5) is 4.06. The Bertz CT molecular complexity index is 818. The lowest BCUT2D eigenvalue weighted by Gasteiger charge is -1.95. The molecule has 0 saturated heterocycles. The summed E-state index contributed by atoms with van der Waals surface area (Å²) in [5.74, 6) is 0. The van der Waals surface area contributed by atoms with E-state index in [1.807, 2.05) is 30.3 Å². The zero-order valence-electron chi connectivity index (χ0n) is 9.04. The van der Waals surface area contributed by atoms with E-state index in [4.69, 9.17) is 4.42 Å². The van der Waals surface area contributed by atoms with Gasteiger partial charge in [0, 0.05) is 11.6 Å². The molecule has 0 aliphatic heterocycles. The molecule has 0 fully saturated rings. The lowest BCUT2D eigenvalue weighted by molar-refractivity contribution is 0.461. The second-order valence-electron chi connectivity index (χ2n) is 3.89. The summed E-state index contributed by atoms with van der Waals surface area (Å²) in [6.45, 7) is 0. The number of oxazole rings is 1. The van der Waals surface area contributed by atoms with Crippen molar-refractivity contribution in [3.05, 3.63) is 36.4 Å². The van der Waals surface area contributed by atoms with Crippen LogP contribution in [0.1, 0.15) is 0 Å². The summed E-state index contributed by atoms with van der Waals surface area (Å²) < 4.78 is 28.0. The Hall–Kier alpha value is -1.88. The second kappa shape index (κ2) is 3.30. The van der Waals surface area contributed by atoms with Crippen molar-refractivity contribution in [2.45, 2.75) is 5.22 Å². The topological polar surface area (TPSA) is 60.2 Å². The van der Waals surface area contributed by atoms with Gasteiger partial charge < -0.3 is 4.42 Å². The number of fused-ring (bicyclic) bond motifs is 3. The van der Waals surface area contributed by atoms with Gasteiger partial charge in [-0.2, -0.15) is 4.98 Å². The van der Waals surface area contributed by atoms with Gasteiger partial charge in [-0.25, -0.2) is 8.42 Å². The van der Waals surface area contributed by atoms with Crippen LogP contribution < -0.4 is 0 Å². The Balaban J connectivity index is 2.47. The fraction of sp³-hybridized carbons (Fsp3) is 0.0833. The lowest BCUT2D eigenvalue weighted by Crippen LogP contribution is -1.96. The van der Waals surface area contributed by atoms with Crippen molar-refractivity contribution >= 4 is 31.7 Å². The SMILES string of the molecule is CS(=O)(=O)c1nc2c(ccc3ccccc32)o1. The normalized spacial score (nSPS) is 12.3. The minimum Gasteiger partial charge on any atom is -0.428 e. The first-order valence-corrected chi connectivity index (χ1v) is 6.93. The van der Waals surface area contributed by atoms with E-state index in [-0.39, 0.29) is 5.22 Å². The predicted molar refractivity (Wildman–Crippen MR) is 64.6 cm³/mol. The van der Waals surface area contributed by atoms with E-state index in [9.17, 15) is 8.42 Å². The first-order chi connectivity index (χ1) is 8.05. The molecule has 0 aliphatic carbocycles. The molecule has 0 N–H and O–H groups in total. The molecule has 1 aromatic heterocycles. The fourth-order valence-corrected chi connectivity index (χ4v) is 2.30. The average Bonchev–Trinajstić information content (AvgIpc) is 2.72. The Morgan fingerprint density at radius 3 is 2.65 bits per heavy atom. The quantitative estimate of drug-likeness (QED) is 0.662. The first kappa shape index (κ1) is 10.3. The molecular weight excluding hydrogens is 238 g/mol. The largest absolute Gasteiger partial charge is 0.428 e. The molecular formula is C12H9NO3S. The van der Waals surface area contributed by atoms with Crippen molar-refractivity contribution in [3.8, 4) is 0 Å². The molecule has 17 heavy (non-hydrogen) atoms. The molecule has 0 spiro atoms. The van der Waals surface area contributed by atoms with Crippen LogP contribution >= 0.6 is 0 Å². The van der Waals surface area contributed by atoms with Crippen molar-refractivity contribution in [1.82, 2.24) is 4.98 Å². The first-order valence-electron chi connectivity index (χ1n) is 5.04. The molecule has 0 radical (unpaired) electrons. The Morgan fingerprint density at radius 2 is 1.88 bits per heavy atom. The maximum Gasteiger partial charge on any atom is 0.315 e. The van der Waals surface area contributed by atoms with Crippen LogP contribution in [0.4, 0.5) is 0 Å². The van der Waals surface area contributed by atoms with Crippen LogP contribution in [0.15, 0.2) is 46.0 Å². The van der Waals surface area contributed by atoms with Crippen molar-refractivity contribution in [1.29, 1.82) is 0 Å². The van der Waals surface area contributed by atoms with Crippen molar-refractivity contribution in [2.24, 2.45) is 0 Å². The van der Waals surface area contributed by atoms with Gasteiger partial charge in [0.1, 0.15) is 5.52 Å². The third-order valence-corrected chi connectivity index (χ3v) is 3.39. The highest BCUT2D eigenvalue weighted by molar-refractivity contribution is 7.90. The monoisotopic (exact) mass is 247 g/mol. The van der Waals surface area contributed by atoms with Gasteiger partial charge in [0.05, 0.1) is 0 Å². The van der Waals surface area contributed by atoms with Gasteiger partial charge in [-0.1, -0.05) is 30.3 Å². The number of hydrogen-bond donors (Lipinski definition) is 0. The van der Waals surface area contributed by atoms with Gasteiger partial charge >= 0.3 is 5.22 Å². The predicted octanol–water partition coefficient (Wildman–Crippen LogP) is 2.38. The van der Waals surface area contributed by atoms with Gasteiger partial charge in [0.25, 0.3) is 0 Å². The molecule has 0 amide bonds. The number of rotatable bonds is 1. The molecule has 0 atom stereocenters. The molecule has 2 aromatic carbocycles. The van der Waals surface area contributed by atoms with E-state index in [2.05, 4.69) is 4.98 Å². The maximum absolute atomic E-state index is 11.4. The lowest BCUT2D eigenvalue weighted by atomic mass is 10.1. The standard InChI is InChI=1S/C12H9NO3S/c1-17(14,15)12-13-11-9-5-3-2-4-8(9)6-7-10(11)16-12/h2-7H,1H3. The average molecular weight is 247 g/mol. The molecule has 0 unspecified atom stereocenters. The molecule has 5 heteroatoms. The number of sulfone groups is 1. The van der Waals surface area contributed by atoms with Crippen LogP contribution in [-0.2, 0) is 9.84 Å². The zero-order valence-corrected chi connectivity index (χ0v) is 9.86. The Labute approximate surface area is 97.8 Å². The third-order valence-electron chi connectivity index (χ3n) is 2.58. The number of nitrogens with zero attached hydrogens (tertiary/aromatic N) is 1. The summed E-state index contributed by atoms with van der Waals surface area (Å²) >= 11 is 0. The fourth-order valence-electron chi connectivity index (χ4n) is 1.80. The van der Waals surface area contributed by atoms with Gasteiger partial charge in [0.15, 0.2) is 5.58 Å². The van der Waals surface area contributed by atoms with Crippen molar-refractivity contribution < 1.29 is 12.8 Å². The molecule has 1 heterocycles. The summed E-state index contributed by atoms with van der Waals surface area (Å²) in [5.41, 5.74) is 1.08. The smallest absolute Gasteiger partial charge is 0.315 e. The molecule has 0 bridgehead atoms. The van der Waals surface area contributed by atoms with Crippen LogP contribution in [0.5, 0.6) is 0 Å². The summed E-state index contributed by atoms with van der Waals surface area (Å²) in [7, 11) is -3.41. The molecule has 3 aromatic rings.